The predicted molar refractivity (Wildman–Crippen MR) is 70.0 cm³/mol. The molecule has 0 aliphatic carbocycles. The number of thioether (sulfide) groups is 1. The fourth-order valence-corrected chi connectivity index (χ4v) is 3.81. The van der Waals surface area contributed by atoms with Crippen LogP contribution >= 0.6 is 11.8 Å². The van der Waals surface area contributed by atoms with Gasteiger partial charge >= 0.3 is 0 Å². The average Bonchev–Trinajstić information content (AvgIpc) is 2.95. The molecule has 0 N–H and O–H groups in total. The van der Waals surface area contributed by atoms with Crippen LogP contribution < -0.4 is 0 Å². The molecule has 19 heavy (non-hydrogen) atoms. The van der Waals surface area contributed by atoms with Crippen molar-refractivity contribution in [1.29, 1.82) is 0 Å². The molecular weight excluding hydrogens is 268 g/mol. The minimum absolute atomic E-state index is 0.0255. The van der Waals surface area contributed by atoms with Crippen LogP contribution in [0.2, 0.25) is 0 Å². The van der Waals surface area contributed by atoms with Crippen LogP contribution in [-0.4, -0.2) is 54.8 Å². The van der Waals surface area contributed by atoms with Crippen molar-refractivity contribution in [3.63, 3.8) is 0 Å². The monoisotopic (exact) mass is 288 g/mol. The van der Waals surface area contributed by atoms with Gasteiger partial charge in [-0.15, -0.1) is 0 Å². The summed E-state index contributed by atoms with van der Waals surface area (Å²) in [6, 6.07) is 0. The highest BCUT2D eigenvalue weighted by molar-refractivity contribution is 8.14. The molecule has 3 aliphatic heterocycles. The Hall–Kier alpha value is -0.140. The van der Waals surface area contributed by atoms with Crippen molar-refractivity contribution in [3.8, 4) is 0 Å². The zero-order chi connectivity index (χ0) is 13.2. The number of rotatable bonds is 3. The summed E-state index contributed by atoms with van der Waals surface area (Å²) >= 11 is 1.31. The van der Waals surface area contributed by atoms with Crippen LogP contribution in [0.15, 0.2) is 0 Å². The summed E-state index contributed by atoms with van der Waals surface area (Å²) in [5.74, 6) is 0. The number of fused-ring (bicyclic) bond motifs is 1. The summed E-state index contributed by atoms with van der Waals surface area (Å²) in [7, 11) is 0. The summed E-state index contributed by atoms with van der Waals surface area (Å²) < 4.78 is 23.1. The van der Waals surface area contributed by atoms with E-state index in [0.717, 1.165) is 25.9 Å². The van der Waals surface area contributed by atoms with Crippen LogP contribution in [0.5, 0.6) is 0 Å². The topological polar surface area (TPSA) is 54.0 Å². The van der Waals surface area contributed by atoms with Gasteiger partial charge in [0.05, 0.1) is 18.5 Å². The smallest absolute Gasteiger partial charge is 0.186 e. The predicted octanol–water partition coefficient (Wildman–Crippen LogP) is 1.34. The van der Waals surface area contributed by atoms with E-state index < -0.39 is 0 Å². The molecule has 0 amide bonds. The Morgan fingerprint density at radius 3 is 2.74 bits per heavy atom. The highest BCUT2D eigenvalue weighted by atomic mass is 32.2. The van der Waals surface area contributed by atoms with E-state index in [1.54, 1.807) is 6.92 Å². The molecule has 108 valence electrons. The molecule has 6 heteroatoms. The Morgan fingerprint density at radius 2 is 2.00 bits per heavy atom. The molecule has 0 aromatic heterocycles. The van der Waals surface area contributed by atoms with Gasteiger partial charge in [0.25, 0.3) is 0 Å². The second-order valence-corrected chi connectivity index (χ2v) is 6.63. The van der Waals surface area contributed by atoms with Gasteiger partial charge in [-0.05, 0) is 19.3 Å². The molecule has 3 saturated heterocycles. The van der Waals surface area contributed by atoms with Crippen LogP contribution in [-0.2, 0) is 23.7 Å². The summed E-state index contributed by atoms with van der Waals surface area (Å²) in [4.78, 5) is 11.2. The SMILES string of the molecule is CC(=O)S[C@H]1CO[C@H]2[C@@H]1OC[C@@H]2OC1CCCCO1. The normalized spacial score (nSPS) is 42.3. The van der Waals surface area contributed by atoms with Crippen LogP contribution in [0, 0.1) is 0 Å². The molecule has 0 saturated carbocycles. The van der Waals surface area contributed by atoms with Crippen molar-refractivity contribution in [3.05, 3.63) is 0 Å². The van der Waals surface area contributed by atoms with Gasteiger partial charge in [0, 0.05) is 13.5 Å². The Labute approximate surface area is 117 Å². The molecular formula is C13H20O5S. The highest BCUT2D eigenvalue weighted by Gasteiger charge is 2.49. The second kappa shape index (κ2) is 6.10. The van der Waals surface area contributed by atoms with E-state index in [4.69, 9.17) is 18.9 Å². The summed E-state index contributed by atoms with van der Waals surface area (Å²) in [5.41, 5.74) is 0. The largest absolute Gasteiger partial charge is 0.371 e. The third-order valence-corrected chi connectivity index (χ3v) is 4.78. The number of hydrogen-bond donors (Lipinski definition) is 0. The maximum absolute atomic E-state index is 11.2. The summed E-state index contributed by atoms with van der Waals surface area (Å²) in [5, 5.41) is 0.209. The molecule has 0 aromatic carbocycles. The maximum atomic E-state index is 11.2. The van der Waals surface area contributed by atoms with E-state index in [1.807, 2.05) is 0 Å². The zero-order valence-electron chi connectivity index (χ0n) is 11.1. The first-order valence-electron chi connectivity index (χ1n) is 6.91. The Balaban J connectivity index is 1.54. The van der Waals surface area contributed by atoms with Gasteiger partial charge in [0.1, 0.15) is 18.3 Å². The lowest BCUT2D eigenvalue weighted by molar-refractivity contribution is -0.201. The molecule has 5 nitrogen and oxygen atoms in total. The van der Waals surface area contributed by atoms with Gasteiger partial charge < -0.3 is 18.9 Å². The van der Waals surface area contributed by atoms with Crippen molar-refractivity contribution in [2.45, 2.75) is 56.0 Å². The summed E-state index contributed by atoms with van der Waals surface area (Å²) in [6.45, 7) is 3.45. The van der Waals surface area contributed by atoms with Gasteiger partial charge in [-0.1, -0.05) is 11.8 Å². The van der Waals surface area contributed by atoms with E-state index >= 15 is 0 Å². The van der Waals surface area contributed by atoms with Crippen molar-refractivity contribution < 1.29 is 23.7 Å². The van der Waals surface area contributed by atoms with Crippen molar-refractivity contribution in [1.82, 2.24) is 0 Å². The van der Waals surface area contributed by atoms with Gasteiger partial charge in [-0.25, -0.2) is 0 Å². The second-order valence-electron chi connectivity index (χ2n) is 5.21. The Morgan fingerprint density at radius 1 is 1.16 bits per heavy atom. The molecule has 0 radical (unpaired) electrons. The third kappa shape index (κ3) is 3.13. The zero-order valence-corrected chi connectivity index (χ0v) is 11.9. The lowest BCUT2D eigenvalue weighted by atomic mass is 10.1. The van der Waals surface area contributed by atoms with Crippen LogP contribution in [0.3, 0.4) is 0 Å². The first-order chi connectivity index (χ1) is 9.24. The molecule has 0 bridgehead atoms. The lowest BCUT2D eigenvalue weighted by Crippen LogP contribution is -2.36. The fourth-order valence-electron chi connectivity index (χ4n) is 2.87. The minimum atomic E-state index is -0.121. The van der Waals surface area contributed by atoms with Gasteiger partial charge in [-0.3, -0.25) is 4.79 Å². The Kier molecular flexibility index (Phi) is 4.44. The molecule has 0 spiro atoms. The molecule has 1 unspecified atom stereocenters. The number of ether oxygens (including phenoxy) is 4. The van der Waals surface area contributed by atoms with Crippen LogP contribution in [0.4, 0.5) is 0 Å². The van der Waals surface area contributed by atoms with Crippen molar-refractivity contribution in [2.75, 3.05) is 19.8 Å². The summed E-state index contributed by atoms with van der Waals surface area (Å²) in [6.07, 6.45) is 2.94. The molecule has 3 rings (SSSR count). The first-order valence-corrected chi connectivity index (χ1v) is 7.79. The quantitative estimate of drug-likeness (QED) is 0.781. The standard InChI is InChI=1S/C13H20O5S/c1-8(14)19-10-7-17-12-9(6-16-13(10)12)18-11-4-2-3-5-15-11/h9-13H,2-7H2,1H3/t9-,10-,11?,12+,13+/m0/s1. The molecule has 3 fully saturated rings. The molecule has 3 aliphatic rings. The Bertz CT molecular complexity index is 331. The van der Waals surface area contributed by atoms with Crippen molar-refractivity contribution in [2.24, 2.45) is 0 Å². The molecule has 3 heterocycles. The molecule has 0 aromatic rings. The van der Waals surface area contributed by atoms with Gasteiger partial charge in [0.2, 0.25) is 0 Å². The number of carbonyl (C=O) groups is 1. The van der Waals surface area contributed by atoms with E-state index in [0.29, 0.717) is 13.2 Å². The number of carbonyl (C=O) groups excluding carboxylic acids is 1. The van der Waals surface area contributed by atoms with E-state index in [1.165, 1.54) is 11.8 Å². The fraction of sp³-hybridized carbons (Fsp3) is 0.923. The van der Waals surface area contributed by atoms with Gasteiger partial charge in [0.15, 0.2) is 11.4 Å². The number of hydrogen-bond acceptors (Lipinski definition) is 6. The lowest BCUT2D eigenvalue weighted by Gasteiger charge is -2.27. The third-order valence-electron chi connectivity index (χ3n) is 3.74. The highest BCUT2D eigenvalue weighted by Crippen LogP contribution is 2.36. The van der Waals surface area contributed by atoms with E-state index in [-0.39, 0.29) is 35.0 Å². The van der Waals surface area contributed by atoms with Crippen LogP contribution in [0.25, 0.3) is 0 Å². The van der Waals surface area contributed by atoms with E-state index in [9.17, 15) is 4.79 Å². The minimum Gasteiger partial charge on any atom is -0.371 e. The first kappa shape index (κ1) is 13.8. The molecule has 5 atom stereocenters. The van der Waals surface area contributed by atoms with Crippen molar-refractivity contribution >= 4 is 16.9 Å². The van der Waals surface area contributed by atoms with E-state index in [2.05, 4.69) is 0 Å². The van der Waals surface area contributed by atoms with Crippen LogP contribution in [0.1, 0.15) is 26.2 Å². The van der Waals surface area contributed by atoms with Gasteiger partial charge in [-0.2, -0.15) is 0 Å². The maximum Gasteiger partial charge on any atom is 0.186 e. The average molecular weight is 288 g/mol.